The van der Waals surface area contributed by atoms with Crippen molar-refractivity contribution in [1.29, 1.82) is 0 Å². The van der Waals surface area contributed by atoms with Crippen LogP contribution in [0, 0.1) is 0 Å². The lowest BCUT2D eigenvalue weighted by atomic mass is 10.1. The Morgan fingerprint density at radius 3 is 2.54 bits per heavy atom. The molecule has 4 nitrogen and oxygen atoms in total. The van der Waals surface area contributed by atoms with Crippen LogP contribution in [-0.2, 0) is 4.79 Å². The van der Waals surface area contributed by atoms with Crippen LogP contribution in [0.5, 0.6) is 5.75 Å². The number of carbonyl (C=O) groups excluding carboxylic acids is 1. The number of hydrogen-bond acceptors (Lipinski definition) is 3. The standard InChI is InChI=1S/C22H20N2O2/c1-17(11-12-18-7-3-2-4-8-18)23-24-22(25)16-26-21-14-13-19-9-5-6-10-20(19)15-21/h2-15H,16H2,1H3,(H,24,25). The summed E-state index contributed by atoms with van der Waals surface area (Å²) in [5.74, 6) is 0.356. The lowest BCUT2D eigenvalue weighted by Gasteiger charge is -2.06. The number of benzene rings is 3. The number of amides is 1. The molecule has 0 aromatic heterocycles. The monoisotopic (exact) mass is 344 g/mol. The third-order valence-corrected chi connectivity index (χ3v) is 3.76. The van der Waals surface area contributed by atoms with E-state index < -0.39 is 0 Å². The predicted molar refractivity (Wildman–Crippen MR) is 106 cm³/mol. The first-order valence-electron chi connectivity index (χ1n) is 8.38. The minimum Gasteiger partial charge on any atom is -0.484 e. The molecule has 1 amide bonds. The van der Waals surface area contributed by atoms with Gasteiger partial charge in [-0.25, -0.2) is 5.43 Å². The normalized spacial score (nSPS) is 11.7. The molecule has 0 unspecified atom stereocenters. The topological polar surface area (TPSA) is 50.7 Å². The zero-order valence-electron chi connectivity index (χ0n) is 14.6. The second kappa shape index (κ2) is 8.62. The number of hydrogen-bond donors (Lipinski definition) is 1. The molecular weight excluding hydrogens is 324 g/mol. The van der Waals surface area contributed by atoms with Gasteiger partial charge in [-0.1, -0.05) is 66.7 Å². The molecule has 0 aliphatic carbocycles. The van der Waals surface area contributed by atoms with Crippen LogP contribution in [0.15, 0.2) is 84.0 Å². The van der Waals surface area contributed by atoms with Gasteiger partial charge in [0.1, 0.15) is 5.75 Å². The summed E-state index contributed by atoms with van der Waals surface area (Å²) in [6, 6.07) is 23.7. The smallest absolute Gasteiger partial charge is 0.277 e. The zero-order chi connectivity index (χ0) is 18.2. The predicted octanol–water partition coefficient (Wildman–Crippen LogP) is 4.42. The van der Waals surface area contributed by atoms with E-state index in [9.17, 15) is 4.79 Å². The summed E-state index contributed by atoms with van der Waals surface area (Å²) in [6.07, 6.45) is 3.79. The molecule has 0 aliphatic heterocycles. The van der Waals surface area contributed by atoms with E-state index in [1.807, 2.05) is 91.9 Å². The average molecular weight is 344 g/mol. The molecule has 3 aromatic carbocycles. The molecule has 0 bridgehead atoms. The van der Waals surface area contributed by atoms with Gasteiger partial charge in [0.15, 0.2) is 6.61 Å². The fraction of sp³-hybridized carbons (Fsp3) is 0.0909. The van der Waals surface area contributed by atoms with Crippen LogP contribution in [-0.4, -0.2) is 18.2 Å². The van der Waals surface area contributed by atoms with Gasteiger partial charge in [0.25, 0.3) is 5.91 Å². The first kappa shape index (κ1) is 17.4. The van der Waals surface area contributed by atoms with Gasteiger partial charge in [-0.2, -0.15) is 5.10 Å². The third-order valence-electron chi connectivity index (χ3n) is 3.76. The Labute approximate surface area is 152 Å². The molecule has 0 saturated carbocycles. The van der Waals surface area contributed by atoms with Crippen LogP contribution >= 0.6 is 0 Å². The van der Waals surface area contributed by atoms with Crippen LogP contribution in [0.4, 0.5) is 0 Å². The number of rotatable bonds is 6. The maximum Gasteiger partial charge on any atom is 0.277 e. The lowest BCUT2D eigenvalue weighted by molar-refractivity contribution is -0.123. The van der Waals surface area contributed by atoms with E-state index >= 15 is 0 Å². The molecule has 0 saturated heterocycles. The van der Waals surface area contributed by atoms with Crippen molar-refractivity contribution in [2.45, 2.75) is 6.92 Å². The summed E-state index contributed by atoms with van der Waals surface area (Å²) < 4.78 is 5.54. The number of fused-ring (bicyclic) bond motifs is 1. The van der Waals surface area contributed by atoms with Crippen molar-refractivity contribution in [2.24, 2.45) is 5.10 Å². The molecule has 130 valence electrons. The van der Waals surface area contributed by atoms with Gasteiger partial charge < -0.3 is 4.74 Å². The highest BCUT2D eigenvalue weighted by atomic mass is 16.5. The number of ether oxygens (including phenoxy) is 1. The first-order valence-corrected chi connectivity index (χ1v) is 8.38. The second-order valence-electron chi connectivity index (χ2n) is 5.83. The molecule has 0 radical (unpaired) electrons. The van der Waals surface area contributed by atoms with E-state index in [0.29, 0.717) is 11.5 Å². The molecular formula is C22H20N2O2. The molecule has 1 N–H and O–H groups in total. The highest BCUT2D eigenvalue weighted by molar-refractivity contribution is 5.97. The number of nitrogens with zero attached hydrogens (tertiary/aromatic N) is 1. The Morgan fingerprint density at radius 1 is 1.00 bits per heavy atom. The summed E-state index contributed by atoms with van der Waals surface area (Å²) in [7, 11) is 0. The number of nitrogens with one attached hydrogen (secondary N) is 1. The highest BCUT2D eigenvalue weighted by Crippen LogP contribution is 2.20. The van der Waals surface area contributed by atoms with Crippen LogP contribution < -0.4 is 10.2 Å². The fourth-order valence-corrected chi connectivity index (χ4v) is 2.41. The molecule has 3 rings (SSSR count). The van der Waals surface area contributed by atoms with Crippen LogP contribution in [0.2, 0.25) is 0 Å². The van der Waals surface area contributed by atoms with Gasteiger partial charge in [0.05, 0.1) is 5.71 Å². The van der Waals surface area contributed by atoms with Crippen LogP contribution in [0.3, 0.4) is 0 Å². The minimum absolute atomic E-state index is 0.0858. The molecule has 3 aromatic rings. The van der Waals surface area contributed by atoms with Gasteiger partial charge in [-0.05, 0) is 41.5 Å². The zero-order valence-corrected chi connectivity index (χ0v) is 14.6. The van der Waals surface area contributed by atoms with Crippen molar-refractivity contribution >= 4 is 28.5 Å². The van der Waals surface area contributed by atoms with Crippen molar-refractivity contribution in [3.8, 4) is 5.75 Å². The van der Waals surface area contributed by atoms with Crippen molar-refractivity contribution in [3.63, 3.8) is 0 Å². The Kier molecular flexibility index (Phi) is 5.78. The number of hydrazone groups is 1. The molecule has 0 spiro atoms. The Bertz CT molecular complexity index is 947. The maximum atomic E-state index is 11.9. The van der Waals surface area contributed by atoms with E-state index in [0.717, 1.165) is 16.3 Å². The van der Waals surface area contributed by atoms with E-state index in [2.05, 4.69) is 10.5 Å². The summed E-state index contributed by atoms with van der Waals surface area (Å²) in [5, 5.41) is 6.26. The Hall–Kier alpha value is -3.40. The van der Waals surface area contributed by atoms with Gasteiger partial charge in [0.2, 0.25) is 0 Å². The molecule has 4 heteroatoms. The highest BCUT2D eigenvalue weighted by Gasteiger charge is 2.02. The molecule has 0 heterocycles. The lowest BCUT2D eigenvalue weighted by Crippen LogP contribution is -2.25. The van der Waals surface area contributed by atoms with Gasteiger partial charge >= 0.3 is 0 Å². The van der Waals surface area contributed by atoms with E-state index in [4.69, 9.17) is 4.74 Å². The molecule has 0 fully saturated rings. The van der Waals surface area contributed by atoms with Crippen molar-refractivity contribution in [3.05, 3.63) is 84.4 Å². The summed E-state index contributed by atoms with van der Waals surface area (Å²) in [6.45, 7) is 1.74. The minimum atomic E-state index is -0.300. The maximum absolute atomic E-state index is 11.9. The Balaban J connectivity index is 1.50. The third kappa shape index (κ3) is 5.05. The molecule has 26 heavy (non-hydrogen) atoms. The second-order valence-corrected chi connectivity index (χ2v) is 5.83. The van der Waals surface area contributed by atoms with E-state index in [1.165, 1.54) is 0 Å². The van der Waals surface area contributed by atoms with E-state index in [-0.39, 0.29) is 12.5 Å². The Morgan fingerprint density at radius 2 is 1.73 bits per heavy atom. The summed E-state index contributed by atoms with van der Waals surface area (Å²) in [4.78, 5) is 11.9. The van der Waals surface area contributed by atoms with Crippen molar-refractivity contribution in [2.75, 3.05) is 6.61 Å². The fourth-order valence-electron chi connectivity index (χ4n) is 2.41. The van der Waals surface area contributed by atoms with Crippen LogP contribution in [0.1, 0.15) is 12.5 Å². The van der Waals surface area contributed by atoms with Crippen molar-refractivity contribution < 1.29 is 9.53 Å². The first-order chi connectivity index (χ1) is 12.7. The largest absolute Gasteiger partial charge is 0.484 e. The van der Waals surface area contributed by atoms with Gasteiger partial charge in [0, 0.05) is 0 Å². The summed E-state index contributed by atoms with van der Waals surface area (Å²) >= 11 is 0. The van der Waals surface area contributed by atoms with Crippen LogP contribution in [0.25, 0.3) is 16.8 Å². The SMILES string of the molecule is CC(C=Cc1ccccc1)=NNC(=O)COc1ccc2ccccc2c1. The molecule has 0 aliphatic rings. The van der Waals surface area contributed by atoms with Gasteiger partial charge in [-0.15, -0.1) is 0 Å². The quantitative estimate of drug-likeness (QED) is 0.531. The number of allylic oxidation sites excluding steroid dienone is 1. The van der Waals surface area contributed by atoms with Crippen molar-refractivity contribution in [1.82, 2.24) is 5.43 Å². The summed E-state index contributed by atoms with van der Waals surface area (Å²) in [5.41, 5.74) is 4.28. The molecule has 0 atom stereocenters. The van der Waals surface area contributed by atoms with E-state index in [1.54, 1.807) is 0 Å². The van der Waals surface area contributed by atoms with Gasteiger partial charge in [-0.3, -0.25) is 4.79 Å². The average Bonchev–Trinajstić information content (AvgIpc) is 2.69. The number of carbonyl (C=O) groups is 1.